The molecule has 2 N–H and O–H groups in total. The molecule has 0 bridgehead atoms. The number of anilines is 1. The van der Waals surface area contributed by atoms with Gasteiger partial charge in [0.25, 0.3) is 0 Å². The summed E-state index contributed by atoms with van der Waals surface area (Å²) in [5.74, 6) is 1.01. The van der Waals surface area contributed by atoms with Crippen LogP contribution in [-0.2, 0) is 6.42 Å². The average Bonchev–Trinajstić information content (AvgIpc) is 2.87. The predicted molar refractivity (Wildman–Crippen MR) is 72.5 cm³/mol. The number of hydrogen-bond donors (Lipinski definition) is 2. The number of aliphatic hydroxyl groups is 1. The van der Waals surface area contributed by atoms with Crippen LogP contribution in [0.4, 0.5) is 5.82 Å². The molecule has 0 saturated heterocycles. The summed E-state index contributed by atoms with van der Waals surface area (Å²) in [5.41, 5.74) is 4.66. The topological polar surface area (TPSA) is 45.2 Å². The molecule has 3 nitrogen and oxygen atoms in total. The van der Waals surface area contributed by atoms with Gasteiger partial charge < -0.3 is 10.4 Å². The Balaban J connectivity index is 2.03. The number of benzene rings is 1. The summed E-state index contributed by atoms with van der Waals surface area (Å²) in [5, 5.41) is 12.8. The van der Waals surface area contributed by atoms with Crippen molar-refractivity contribution in [3.05, 3.63) is 47.7 Å². The van der Waals surface area contributed by atoms with Crippen LogP contribution in [0, 0.1) is 0 Å². The van der Waals surface area contributed by atoms with Crippen LogP contribution >= 0.6 is 0 Å². The number of pyridine rings is 1. The molecule has 1 aromatic carbocycles. The fourth-order valence-electron chi connectivity index (χ4n) is 2.42. The minimum Gasteiger partial charge on any atom is -0.389 e. The van der Waals surface area contributed by atoms with Crippen LogP contribution in [0.3, 0.4) is 0 Å². The molecule has 0 radical (unpaired) electrons. The molecule has 0 saturated carbocycles. The normalized spacial score (nSPS) is 15.0. The van der Waals surface area contributed by atoms with E-state index in [1.165, 1.54) is 16.7 Å². The Bertz CT molecular complexity index is 561. The summed E-state index contributed by atoms with van der Waals surface area (Å²) in [4.78, 5) is 4.34. The number of hydrogen-bond acceptors (Lipinski definition) is 3. The minimum absolute atomic E-state index is 0.413. The first-order valence-electron chi connectivity index (χ1n) is 6.26. The van der Waals surface area contributed by atoms with E-state index in [1.54, 1.807) is 6.92 Å². The van der Waals surface area contributed by atoms with E-state index in [0.29, 0.717) is 0 Å². The molecule has 3 rings (SSSR count). The molecule has 0 aliphatic carbocycles. The lowest BCUT2D eigenvalue weighted by atomic mass is 9.98. The SMILES string of the molecule is CC(O)c1ccc(-c2ccnc3c2CCN3)cc1. The Morgan fingerprint density at radius 2 is 2.00 bits per heavy atom. The van der Waals surface area contributed by atoms with E-state index in [4.69, 9.17) is 0 Å². The number of aliphatic hydroxyl groups excluding tert-OH is 1. The van der Waals surface area contributed by atoms with E-state index in [1.807, 2.05) is 18.3 Å². The van der Waals surface area contributed by atoms with Crippen molar-refractivity contribution in [2.45, 2.75) is 19.4 Å². The van der Waals surface area contributed by atoms with E-state index in [2.05, 4.69) is 28.5 Å². The van der Waals surface area contributed by atoms with Gasteiger partial charge in [-0.2, -0.15) is 0 Å². The van der Waals surface area contributed by atoms with E-state index in [9.17, 15) is 5.11 Å². The number of aromatic nitrogens is 1. The van der Waals surface area contributed by atoms with Gasteiger partial charge in [-0.05, 0) is 36.1 Å². The van der Waals surface area contributed by atoms with Gasteiger partial charge in [0.05, 0.1) is 6.10 Å². The van der Waals surface area contributed by atoms with Gasteiger partial charge in [0.2, 0.25) is 0 Å². The molecule has 3 heteroatoms. The standard InChI is InChI=1S/C15H16N2O/c1-10(18)11-2-4-12(5-3-11)13-6-8-16-15-14(13)7-9-17-15/h2-6,8,10,18H,7,9H2,1H3,(H,16,17). The van der Waals surface area contributed by atoms with Gasteiger partial charge >= 0.3 is 0 Å². The van der Waals surface area contributed by atoms with Crippen molar-refractivity contribution in [1.29, 1.82) is 0 Å². The lowest BCUT2D eigenvalue weighted by Gasteiger charge is -2.09. The third-order valence-electron chi connectivity index (χ3n) is 3.43. The molecular weight excluding hydrogens is 224 g/mol. The number of nitrogens with zero attached hydrogens (tertiary/aromatic N) is 1. The maximum atomic E-state index is 9.52. The first-order valence-corrected chi connectivity index (χ1v) is 6.26. The number of rotatable bonds is 2. The van der Waals surface area contributed by atoms with Crippen molar-refractivity contribution in [3.63, 3.8) is 0 Å². The maximum absolute atomic E-state index is 9.52. The fourth-order valence-corrected chi connectivity index (χ4v) is 2.42. The predicted octanol–water partition coefficient (Wildman–Crippen LogP) is 2.77. The molecule has 0 amide bonds. The fraction of sp³-hybridized carbons (Fsp3) is 0.267. The minimum atomic E-state index is -0.413. The van der Waals surface area contributed by atoms with Crippen molar-refractivity contribution >= 4 is 5.82 Å². The van der Waals surface area contributed by atoms with E-state index in [-0.39, 0.29) is 0 Å². The summed E-state index contributed by atoms with van der Waals surface area (Å²) in [6.45, 7) is 2.74. The quantitative estimate of drug-likeness (QED) is 0.848. The highest BCUT2D eigenvalue weighted by molar-refractivity contribution is 5.73. The van der Waals surface area contributed by atoms with Crippen LogP contribution in [0.1, 0.15) is 24.2 Å². The zero-order valence-corrected chi connectivity index (χ0v) is 10.4. The molecule has 1 aliphatic heterocycles. The molecule has 1 aliphatic rings. The van der Waals surface area contributed by atoms with E-state index in [0.717, 1.165) is 24.3 Å². The third-order valence-corrected chi connectivity index (χ3v) is 3.43. The lowest BCUT2D eigenvalue weighted by Crippen LogP contribution is -1.93. The summed E-state index contributed by atoms with van der Waals surface area (Å²) in [7, 11) is 0. The van der Waals surface area contributed by atoms with Gasteiger partial charge in [-0.3, -0.25) is 0 Å². The molecule has 92 valence electrons. The first kappa shape index (κ1) is 11.2. The summed E-state index contributed by atoms with van der Waals surface area (Å²) in [6, 6.07) is 10.2. The van der Waals surface area contributed by atoms with Crippen LogP contribution < -0.4 is 5.32 Å². The highest BCUT2D eigenvalue weighted by Gasteiger charge is 2.16. The molecule has 18 heavy (non-hydrogen) atoms. The highest BCUT2D eigenvalue weighted by Crippen LogP contribution is 2.31. The van der Waals surface area contributed by atoms with Crippen molar-refractivity contribution in [2.75, 3.05) is 11.9 Å². The van der Waals surface area contributed by atoms with Crippen molar-refractivity contribution in [1.82, 2.24) is 4.98 Å². The molecule has 1 aromatic heterocycles. The van der Waals surface area contributed by atoms with E-state index < -0.39 is 6.10 Å². The lowest BCUT2D eigenvalue weighted by molar-refractivity contribution is 0.199. The van der Waals surface area contributed by atoms with Crippen LogP contribution in [-0.4, -0.2) is 16.6 Å². The van der Waals surface area contributed by atoms with Gasteiger partial charge in [0.1, 0.15) is 5.82 Å². The molecule has 0 spiro atoms. The van der Waals surface area contributed by atoms with Crippen LogP contribution in [0.2, 0.25) is 0 Å². The highest BCUT2D eigenvalue weighted by atomic mass is 16.3. The summed E-state index contributed by atoms with van der Waals surface area (Å²) >= 11 is 0. The van der Waals surface area contributed by atoms with Gasteiger partial charge in [-0.25, -0.2) is 4.98 Å². The zero-order chi connectivity index (χ0) is 12.5. The van der Waals surface area contributed by atoms with Gasteiger partial charge in [0.15, 0.2) is 0 Å². The van der Waals surface area contributed by atoms with Crippen molar-refractivity contribution in [3.8, 4) is 11.1 Å². The molecule has 1 atom stereocenters. The van der Waals surface area contributed by atoms with E-state index >= 15 is 0 Å². The largest absolute Gasteiger partial charge is 0.389 e. The third kappa shape index (κ3) is 1.87. The Morgan fingerprint density at radius 1 is 1.22 bits per heavy atom. The van der Waals surface area contributed by atoms with Gasteiger partial charge in [-0.15, -0.1) is 0 Å². The van der Waals surface area contributed by atoms with Crippen molar-refractivity contribution in [2.24, 2.45) is 0 Å². The smallest absolute Gasteiger partial charge is 0.129 e. The molecule has 0 fully saturated rings. The second-order valence-corrected chi connectivity index (χ2v) is 4.66. The van der Waals surface area contributed by atoms with Crippen LogP contribution in [0.5, 0.6) is 0 Å². The Morgan fingerprint density at radius 3 is 2.72 bits per heavy atom. The maximum Gasteiger partial charge on any atom is 0.129 e. The van der Waals surface area contributed by atoms with Gasteiger partial charge in [0, 0.05) is 18.3 Å². The van der Waals surface area contributed by atoms with Crippen molar-refractivity contribution < 1.29 is 5.11 Å². The molecule has 2 aromatic rings. The average molecular weight is 240 g/mol. The number of nitrogens with one attached hydrogen (secondary N) is 1. The monoisotopic (exact) mass is 240 g/mol. The Kier molecular flexibility index (Phi) is 2.76. The second-order valence-electron chi connectivity index (χ2n) is 4.66. The number of fused-ring (bicyclic) bond motifs is 1. The van der Waals surface area contributed by atoms with Gasteiger partial charge in [-0.1, -0.05) is 24.3 Å². The molecule has 1 unspecified atom stereocenters. The first-order chi connectivity index (χ1) is 8.75. The second kappa shape index (κ2) is 4.42. The summed E-state index contributed by atoms with van der Waals surface area (Å²) < 4.78 is 0. The zero-order valence-electron chi connectivity index (χ0n) is 10.4. The molecule has 2 heterocycles. The Labute approximate surface area is 107 Å². The molecular formula is C15H16N2O. The van der Waals surface area contributed by atoms with Crippen LogP contribution in [0.15, 0.2) is 36.5 Å². The summed E-state index contributed by atoms with van der Waals surface area (Å²) in [6.07, 6.45) is 2.45. The van der Waals surface area contributed by atoms with Crippen LogP contribution in [0.25, 0.3) is 11.1 Å². The Hall–Kier alpha value is -1.87.